The highest BCUT2D eigenvalue weighted by Crippen LogP contribution is 2.30. The number of amides is 1. The second-order valence-electron chi connectivity index (χ2n) is 7.23. The van der Waals surface area contributed by atoms with Crippen molar-refractivity contribution in [3.05, 3.63) is 93.5 Å². The van der Waals surface area contributed by atoms with Crippen molar-refractivity contribution in [3.8, 4) is 5.75 Å². The summed E-state index contributed by atoms with van der Waals surface area (Å²) in [6.45, 7) is 4.43. The van der Waals surface area contributed by atoms with Crippen LogP contribution in [0.1, 0.15) is 27.8 Å². The first-order chi connectivity index (χ1) is 15.2. The molecular formula is C24H20Cl2I2N2O2. The number of halogens is 4. The van der Waals surface area contributed by atoms with E-state index in [1.807, 2.05) is 43.3 Å². The average molecular weight is 693 g/mol. The predicted molar refractivity (Wildman–Crippen MR) is 148 cm³/mol. The maximum atomic E-state index is 12.2. The molecule has 0 heterocycles. The number of hydrogen-bond acceptors (Lipinski definition) is 3. The molecule has 0 saturated heterocycles. The largest absolute Gasteiger partial charge is 0.487 e. The number of carbonyl (C=O) groups is 1. The van der Waals surface area contributed by atoms with Crippen LogP contribution in [-0.4, -0.2) is 12.1 Å². The molecule has 8 heteroatoms. The molecule has 4 nitrogen and oxygen atoms in total. The molecule has 0 aromatic heterocycles. The summed E-state index contributed by atoms with van der Waals surface area (Å²) >= 11 is 16.6. The van der Waals surface area contributed by atoms with Gasteiger partial charge < -0.3 is 4.74 Å². The number of hydrogen-bond donors (Lipinski definition) is 1. The molecule has 0 aliphatic carbocycles. The molecule has 0 atom stereocenters. The van der Waals surface area contributed by atoms with Crippen LogP contribution in [0.4, 0.5) is 0 Å². The van der Waals surface area contributed by atoms with Crippen molar-refractivity contribution >= 4 is 80.5 Å². The number of aryl methyl sites for hydroxylation is 2. The summed E-state index contributed by atoms with van der Waals surface area (Å²) in [5.41, 5.74) is 7.66. The van der Waals surface area contributed by atoms with Crippen molar-refractivity contribution in [2.45, 2.75) is 26.9 Å². The summed E-state index contributed by atoms with van der Waals surface area (Å²) in [6, 6.07) is 15.2. The van der Waals surface area contributed by atoms with Crippen LogP contribution in [-0.2, 0) is 17.8 Å². The molecule has 3 aromatic rings. The lowest BCUT2D eigenvalue weighted by atomic mass is 10.0. The van der Waals surface area contributed by atoms with E-state index in [1.165, 1.54) is 11.1 Å². The SMILES string of the molecule is Cc1ccc(CC(=O)N/N=C\c2cc(I)c(OCc3ccc(Cl)cc3Cl)c(I)c2)cc1C. The lowest BCUT2D eigenvalue weighted by Gasteiger charge is -2.12. The Labute approximate surface area is 225 Å². The summed E-state index contributed by atoms with van der Waals surface area (Å²) in [6.07, 6.45) is 1.91. The Bertz CT molecular complexity index is 1160. The summed E-state index contributed by atoms with van der Waals surface area (Å²) in [5.74, 6) is 0.613. The second kappa shape index (κ2) is 11.7. The summed E-state index contributed by atoms with van der Waals surface area (Å²) < 4.78 is 7.87. The van der Waals surface area contributed by atoms with Gasteiger partial charge in [0.05, 0.1) is 19.8 Å². The molecule has 0 aliphatic heterocycles. The Morgan fingerprint density at radius 3 is 2.41 bits per heavy atom. The lowest BCUT2D eigenvalue weighted by molar-refractivity contribution is -0.120. The summed E-state index contributed by atoms with van der Waals surface area (Å²) in [4.78, 5) is 12.2. The van der Waals surface area contributed by atoms with Gasteiger partial charge in [-0.05, 0) is 106 Å². The van der Waals surface area contributed by atoms with Gasteiger partial charge in [-0.2, -0.15) is 5.10 Å². The highest BCUT2D eigenvalue weighted by molar-refractivity contribution is 14.1. The highest BCUT2D eigenvalue weighted by atomic mass is 127. The molecule has 1 N–H and O–H groups in total. The van der Waals surface area contributed by atoms with E-state index in [2.05, 4.69) is 62.6 Å². The van der Waals surface area contributed by atoms with Crippen LogP contribution in [0.15, 0.2) is 53.6 Å². The van der Waals surface area contributed by atoms with E-state index in [0.29, 0.717) is 16.7 Å². The minimum Gasteiger partial charge on any atom is -0.487 e. The Balaban J connectivity index is 1.60. The summed E-state index contributed by atoms with van der Waals surface area (Å²) in [7, 11) is 0. The molecule has 0 radical (unpaired) electrons. The fourth-order valence-electron chi connectivity index (χ4n) is 2.90. The van der Waals surface area contributed by atoms with Gasteiger partial charge in [-0.1, -0.05) is 47.5 Å². The van der Waals surface area contributed by atoms with E-state index in [-0.39, 0.29) is 12.3 Å². The van der Waals surface area contributed by atoms with Crippen molar-refractivity contribution in [1.29, 1.82) is 0 Å². The van der Waals surface area contributed by atoms with E-state index < -0.39 is 0 Å². The molecular weight excluding hydrogens is 673 g/mol. The van der Waals surface area contributed by atoms with E-state index in [9.17, 15) is 4.79 Å². The van der Waals surface area contributed by atoms with Gasteiger partial charge in [0.15, 0.2) is 0 Å². The monoisotopic (exact) mass is 692 g/mol. The fraction of sp³-hybridized carbons (Fsp3) is 0.167. The van der Waals surface area contributed by atoms with Crippen molar-refractivity contribution in [3.63, 3.8) is 0 Å². The number of ether oxygens (including phenoxy) is 1. The van der Waals surface area contributed by atoms with Gasteiger partial charge in [0.1, 0.15) is 12.4 Å². The molecule has 0 unspecified atom stereocenters. The standard InChI is InChI=1S/C24H20Cl2I2N2O2/c1-14-3-4-16(7-15(14)2)10-23(31)30-29-12-17-8-21(27)24(22(28)9-17)32-13-18-5-6-19(25)11-20(18)26/h3-9,11-12H,10,13H2,1-2H3,(H,30,31)/b29-12-. The zero-order chi connectivity index (χ0) is 23.3. The van der Waals surface area contributed by atoms with E-state index >= 15 is 0 Å². The van der Waals surface area contributed by atoms with Gasteiger partial charge in [0.25, 0.3) is 0 Å². The van der Waals surface area contributed by atoms with Gasteiger partial charge in [0.2, 0.25) is 5.91 Å². The molecule has 3 rings (SSSR count). The van der Waals surface area contributed by atoms with Gasteiger partial charge >= 0.3 is 0 Å². The molecule has 0 aliphatic rings. The number of nitrogens with zero attached hydrogens (tertiary/aromatic N) is 1. The van der Waals surface area contributed by atoms with E-state index in [0.717, 1.165) is 29.6 Å². The van der Waals surface area contributed by atoms with Crippen LogP contribution in [0.25, 0.3) is 0 Å². The van der Waals surface area contributed by atoms with E-state index in [4.69, 9.17) is 27.9 Å². The highest BCUT2D eigenvalue weighted by Gasteiger charge is 2.10. The zero-order valence-electron chi connectivity index (χ0n) is 17.4. The van der Waals surface area contributed by atoms with E-state index in [1.54, 1.807) is 18.3 Å². The number of hydrazone groups is 1. The maximum Gasteiger partial charge on any atom is 0.244 e. The number of carbonyl (C=O) groups excluding carboxylic acids is 1. The fourth-order valence-corrected chi connectivity index (χ4v) is 5.49. The van der Waals surface area contributed by atoms with Crippen LogP contribution < -0.4 is 10.2 Å². The first-order valence-corrected chi connectivity index (χ1v) is 12.6. The van der Waals surface area contributed by atoms with Crippen LogP contribution in [0.2, 0.25) is 10.0 Å². The third kappa shape index (κ3) is 7.07. The molecule has 1 amide bonds. The van der Waals surface area contributed by atoms with Crippen molar-refractivity contribution in [2.24, 2.45) is 5.10 Å². The summed E-state index contributed by atoms with van der Waals surface area (Å²) in [5, 5.41) is 5.26. The van der Waals surface area contributed by atoms with Crippen molar-refractivity contribution < 1.29 is 9.53 Å². The zero-order valence-corrected chi connectivity index (χ0v) is 23.2. The van der Waals surface area contributed by atoms with Gasteiger partial charge in [0, 0.05) is 15.6 Å². The molecule has 0 saturated carbocycles. The van der Waals surface area contributed by atoms with Gasteiger partial charge in [-0.25, -0.2) is 5.43 Å². The smallest absolute Gasteiger partial charge is 0.244 e. The van der Waals surface area contributed by atoms with Gasteiger partial charge in [-0.3, -0.25) is 4.79 Å². The molecule has 3 aromatic carbocycles. The third-order valence-corrected chi connectivity index (χ3v) is 6.94. The van der Waals surface area contributed by atoms with Crippen LogP contribution >= 0.6 is 68.4 Å². The van der Waals surface area contributed by atoms with Crippen LogP contribution in [0.5, 0.6) is 5.75 Å². The number of rotatable bonds is 7. The normalized spacial score (nSPS) is 11.1. The Morgan fingerprint density at radius 1 is 1.03 bits per heavy atom. The predicted octanol–water partition coefficient (Wildman–Crippen LogP) is 7.09. The molecule has 0 spiro atoms. The quantitative estimate of drug-likeness (QED) is 0.163. The maximum absolute atomic E-state index is 12.2. The Hall–Kier alpha value is -1.36. The first-order valence-electron chi connectivity index (χ1n) is 9.66. The molecule has 0 bridgehead atoms. The first kappa shape index (κ1) is 25.3. The average Bonchev–Trinajstić information content (AvgIpc) is 2.71. The Kier molecular flexibility index (Phi) is 9.22. The third-order valence-electron chi connectivity index (χ3n) is 4.75. The lowest BCUT2D eigenvalue weighted by Crippen LogP contribution is -2.19. The Morgan fingerprint density at radius 2 is 1.75 bits per heavy atom. The molecule has 166 valence electrons. The molecule has 0 fully saturated rings. The van der Waals surface area contributed by atoms with Crippen molar-refractivity contribution in [2.75, 3.05) is 0 Å². The van der Waals surface area contributed by atoms with Gasteiger partial charge in [-0.15, -0.1) is 0 Å². The second-order valence-corrected chi connectivity index (χ2v) is 10.4. The van der Waals surface area contributed by atoms with Crippen molar-refractivity contribution in [1.82, 2.24) is 5.43 Å². The minimum atomic E-state index is -0.159. The number of nitrogens with one attached hydrogen (secondary N) is 1. The van der Waals surface area contributed by atoms with Crippen LogP contribution in [0, 0.1) is 21.0 Å². The number of benzene rings is 3. The van der Waals surface area contributed by atoms with Crippen LogP contribution in [0.3, 0.4) is 0 Å². The topological polar surface area (TPSA) is 50.7 Å². The molecule has 32 heavy (non-hydrogen) atoms. The minimum absolute atomic E-state index is 0.159.